The van der Waals surface area contributed by atoms with Crippen LogP contribution in [0.2, 0.25) is 0 Å². The van der Waals surface area contributed by atoms with Crippen LogP contribution in [0.5, 0.6) is 0 Å². The SMILES string of the molecule is CCN(C)C=Nc1cc(C)c(Cc2nc(-c3cnc(C(C)(C)C)cn3)cs2)cc1C.Cl.Cl. The molecule has 5 nitrogen and oxygen atoms in total. The van der Waals surface area contributed by atoms with Crippen molar-refractivity contribution in [3.05, 3.63) is 57.3 Å². The van der Waals surface area contributed by atoms with Gasteiger partial charge in [0, 0.05) is 37.0 Å². The van der Waals surface area contributed by atoms with E-state index in [1.165, 1.54) is 16.7 Å². The van der Waals surface area contributed by atoms with Crippen molar-refractivity contribution in [2.75, 3.05) is 13.6 Å². The Balaban J connectivity index is 0.00000256. The van der Waals surface area contributed by atoms with Gasteiger partial charge in [0.2, 0.25) is 0 Å². The molecule has 8 heteroatoms. The predicted molar refractivity (Wildman–Crippen MR) is 142 cm³/mol. The Morgan fingerprint density at radius 1 is 1.03 bits per heavy atom. The van der Waals surface area contributed by atoms with E-state index < -0.39 is 0 Å². The highest BCUT2D eigenvalue weighted by Crippen LogP contribution is 2.28. The van der Waals surface area contributed by atoms with Crippen LogP contribution in [-0.2, 0) is 11.8 Å². The van der Waals surface area contributed by atoms with Crippen LogP contribution in [0.1, 0.15) is 55.1 Å². The van der Waals surface area contributed by atoms with Crippen LogP contribution in [0.15, 0.2) is 34.9 Å². The molecule has 2 heterocycles. The molecule has 0 fully saturated rings. The Morgan fingerprint density at radius 3 is 2.34 bits per heavy atom. The van der Waals surface area contributed by atoms with Crippen LogP contribution < -0.4 is 0 Å². The van der Waals surface area contributed by atoms with E-state index >= 15 is 0 Å². The topological polar surface area (TPSA) is 54.3 Å². The Hall–Kier alpha value is -2.02. The molecule has 0 saturated carbocycles. The minimum Gasteiger partial charge on any atom is -0.366 e. The lowest BCUT2D eigenvalue weighted by Crippen LogP contribution is -2.14. The van der Waals surface area contributed by atoms with Crippen LogP contribution in [0.4, 0.5) is 5.69 Å². The van der Waals surface area contributed by atoms with Crippen molar-refractivity contribution in [1.82, 2.24) is 19.9 Å². The van der Waals surface area contributed by atoms with Gasteiger partial charge >= 0.3 is 0 Å². The molecule has 32 heavy (non-hydrogen) atoms. The first-order valence-electron chi connectivity index (χ1n) is 10.3. The van der Waals surface area contributed by atoms with Gasteiger partial charge in [-0.15, -0.1) is 36.2 Å². The van der Waals surface area contributed by atoms with Crippen molar-refractivity contribution >= 4 is 48.2 Å². The van der Waals surface area contributed by atoms with E-state index in [9.17, 15) is 0 Å². The Bertz CT molecular complexity index is 1040. The molecule has 0 radical (unpaired) electrons. The maximum Gasteiger partial charge on any atom is 0.108 e. The molecule has 0 aliphatic carbocycles. The molecule has 3 rings (SSSR count). The fraction of sp³-hybridized carbons (Fsp3) is 0.417. The van der Waals surface area contributed by atoms with Crippen LogP contribution in [0, 0.1) is 13.8 Å². The summed E-state index contributed by atoms with van der Waals surface area (Å²) in [7, 11) is 2.03. The lowest BCUT2D eigenvalue weighted by Gasteiger charge is -2.16. The highest BCUT2D eigenvalue weighted by atomic mass is 35.5. The molecule has 2 aromatic heterocycles. The summed E-state index contributed by atoms with van der Waals surface area (Å²) in [6, 6.07) is 4.39. The second-order valence-corrected chi connectivity index (χ2v) is 9.67. The molecule has 174 valence electrons. The third-order valence-corrected chi connectivity index (χ3v) is 5.97. The Morgan fingerprint density at radius 2 is 1.75 bits per heavy atom. The van der Waals surface area contributed by atoms with Gasteiger partial charge in [-0.05, 0) is 43.5 Å². The van der Waals surface area contributed by atoms with E-state index in [1.807, 2.05) is 25.8 Å². The average Bonchev–Trinajstić information content (AvgIpc) is 3.17. The first-order chi connectivity index (χ1) is 14.2. The van der Waals surface area contributed by atoms with Crippen molar-refractivity contribution in [3.8, 4) is 11.4 Å². The van der Waals surface area contributed by atoms with Crippen molar-refractivity contribution in [2.24, 2.45) is 4.99 Å². The van der Waals surface area contributed by atoms with Gasteiger partial charge in [0.15, 0.2) is 0 Å². The van der Waals surface area contributed by atoms with Crippen LogP contribution >= 0.6 is 36.2 Å². The molecular weight excluding hydrogens is 461 g/mol. The summed E-state index contributed by atoms with van der Waals surface area (Å²) in [5, 5.41) is 3.15. The number of rotatable bonds is 6. The molecule has 0 amide bonds. The van der Waals surface area contributed by atoms with E-state index in [-0.39, 0.29) is 30.2 Å². The maximum atomic E-state index is 4.81. The molecule has 0 aliphatic rings. The number of aromatic nitrogens is 3. The van der Waals surface area contributed by atoms with Gasteiger partial charge in [-0.3, -0.25) is 9.97 Å². The minimum absolute atomic E-state index is 0. The van der Waals surface area contributed by atoms with Gasteiger partial charge in [-0.2, -0.15) is 0 Å². The summed E-state index contributed by atoms with van der Waals surface area (Å²) in [6.07, 6.45) is 6.39. The van der Waals surface area contributed by atoms with Gasteiger partial charge in [-0.25, -0.2) is 9.98 Å². The highest BCUT2D eigenvalue weighted by molar-refractivity contribution is 7.10. The molecule has 0 unspecified atom stereocenters. The van der Waals surface area contributed by atoms with Gasteiger partial charge in [0.1, 0.15) is 11.4 Å². The zero-order valence-corrected chi connectivity index (χ0v) is 22.3. The van der Waals surface area contributed by atoms with E-state index in [0.717, 1.165) is 40.7 Å². The van der Waals surface area contributed by atoms with E-state index in [2.05, 4.69) is 78.9 Å². The second-order valence-electron chi connectivity index (χ2n) is 8.72. The minimum atomic E-state index is -0.00366. The number of benzene rings is 1. The molecule has 0 spiro atoms. The number of hydrogen-bond acceptors (Lipinski definition) is 5. The van der Waals surface area contributed by atoms with Gasteiger partial charge in [-0.1, -0.05) is 26.8 Å². The quantitative estimate of drug-likeness (QED) is 0.288. The molecular formula is C24H33Cl2N5S. The maximum absolute atomic E-state index is 4.81. The first-order valence-corrected chi connectivity index (χ1v) is 11.2. The number of halogens is 2. The summed E-state index contributed by atoms with van der Waals surface area (Å²) in [4.78, 5) is 20.7. The van der Waals surface area contributed by atoms with Gasteiger partial charge in [0.25, 0.3) is 0 Å². The summed E-state index contributed by atoms with van der Waals surface area (Å²) < 4.78 is 0. The molecule has 3 aromatic rings. The third kappa shape index (κ3) is 6.99. The number of aliphatic imine (C=N–C) groups is 1. The van der Waals surface area contributed by atoms with Crippen LogP contribution in [-0.4, -0.2) is 39.8 Å². The molecule has 0 aliphatic heterocycles. The van der Waals surface area contributed by atoms with Crippen molar-refractivity contribution in [2.45, 2.75) is 53.4 Å². The Labute approximate surface area is 208 Å². The zero-order chi connectivity index (χ0) is 21.9. The number of hydrogen-bond donors (Lipinski definition) is 0. The van der Waals surface area contributed by atoms with Gasteiger partial charge < -0.3 is 4.90 Å². The molecule has 0 N–H and O–H groups in total. The zero-order valence-electron chi connectivity index (χ0n) is 19.8. The normalized spacial score (nSPS) is 11.2. The van der Waals surface area contributed by atoms with E-state index in [1.54, 1.807) is 11.3 Å². The second kappa shape index (κ2) is 11.7. The van der Waals surface area contributed by atoms with Crippen molar-refractivity contribution in [1.29, 1.82) is 0 Å². The monoisotopic (exact) mass is 493 g/mol. The van der Waals surface area contributed by atoms with Crippen LogP contribution in [0.3, 0.4) is 0 Å². The standard InChI is InChI=1S/C24H31N5S.2ClH/c1-8-29(7)15-27-19-10-16(2)18(9-17(19)3)11-23-28-21(14-30-23)20-12-26-22(13-25-20)24(4,5)6;;/h9-10,12-15H,8,11H2,1-7H3;2*1H. The fourth-order valence-electron chi connectivity index (χ4n) is 2.95. The average molecular weight is 495 g/mol. The predicted octanol–water partition coefficient (Wildman–Crippen LogP) is 6.56. The summed E-state index contributed by atoms with van der Waals surface area (Å²) in [5.41, 5.74) is 7.41. The highest BCUT2D eigenvalue weighted by Gasteiger charge is 2.16. The van der Waals surface area contributed by atoms with Crippen molar-refractivity contribution in [3.63, 3.8) is 0 Å². The summed E-state index contributed by atoms with van der Waals surface area (Å²) in [6.45, 7) is 13.7. The van der Waals surface area contributed by atoms with Crippen LogP contribution in [0.25, 0.3) is 11.4 Å². The smallest absolute Gasteiger partial charge is 0.108 e. The van der Waals surface area contributed by atoms with E-state index in [0.29, 0.717) is 0 Å². The lowest BCUT2D eigenvalue weighted by atomic mass is 9.93. The largest absolute Gasteiger partial charge is 0.366 e. The number of thiazole rings is 1. The van der Waals surface area contributed by atoms with E-state index in [4.69, 9.17) is 4.98 Å². The Kier molecular flexibility index (Phi) is 10.3. The molecule has 0 saturated heterocycles. The molecule has 0 atom stereocenters. The molecule has 0 bridgehead atoms. The van der Waals surface area contributed by atoms with Crippen molar-refractivity contribution < 1.29 is 0 Å². The third-order valence-electron chi connectivity index (χ3n) is 5.12. The fourth-order valence-corrected chi connectivity index (χ4v) is 3.76. The molecule has 1 aromatic carbocycles. The summed E-state index contributed by atoms with van der Waals surface area (Å²) in [5.74, 6) is 0. The summed E-state index contributed by atoms with van der Waals surface area (Å²) >= 11 is 1.67. The van der Waals surface area contributed by atoms with Gasteiger partial charge in [0.05, 0.1) is 28.9 Å². The number of nitrogens with zero attached hydrogens (tertiary/aromatic N) is 5. The first kappa shape index (κ1) is 28.0. The number of aryl methyl sites for hydroxylation is 2. The lowest BCUT2D eigenvalue weighted by molar-refractivity contribution is 0.552.